The lowest BCUT2D eigenvalue weighted by Gasteiger charge is -2.43. The van der Waals surface area contributed by atoms with E-state index in [4.69, 9.17) is 0 Å². The van der Waals surface area contributed by atoms with Crippen LogP contribution >= 0.6 is 22.7 Å². The second-order valence-electron chi connectivity index (χ2n) is 23.4. The lowest BCUT2D eigenvalue weighted by Crippen LogP contribution is -2.60. The molecular weight excluding hydrogens is 934 g/mol. The Morgan fingerprint density at radius 2 is 1.01 bits per heavy atom. The van der Waals surface area contributed by atoms with Crippen molar-refractivity contribution >= 4 is 127 Å². The molecule has 0 amide bonds. The van der Waals surface area contributed by atoms with Crippen LogP contribution in [0.1, 0.15) is 79.0 Å². The van der Waals surface area contributed by atoms with E-state index < -0.39 is 0 Å². The number of benzene rings is 9. The number of para-hydroxylation sites is 1. The maximum absolute atomic E-state index is 2.62. The SMILES string of the molecule is CC(C)(C)c1ccc(N2c3cccc4c3B(c3ccc(N(c5ccccc5)c5ccc(C(C)(C)C)cc5-c5ccccc5)cc3N4c3cccc4c3sc3ccccc34)c3sc4ccc(C(C)(C)C)cc4c32)cc1. The third-order valence-corrected chi connectivity index (χ3v) is 17.9. The van der Waals surface area contributed by atoms with Crippen molar-refractivity contribution in [3.8, 4) is 11.1 Å². The molecule has 6 heteroatoms. The van der Waals surface area contributed by atoms with Crippen LogP contribution in [0, 0.1) is 0 Å². The van der Waals surface area contributed by atoms with Gasteiger partial charge in [-0.25, -0.2) is 0 Å². The summed E-state index contributed by atoms with van der Waals surface area (Å²) in [6.07, 6.45) is 0. The van der Waals surface area contributed by atoms with Crippen molar-refractivity contribution < 1.29 is 0 Å². The summed E-state index contributed by atoms with van der Waals surface area (Å²) >= 11 is 3.87. The van der Waals surface area contributed by atoms with Gasteiger partial charge in [0.2, 0.25) is 0 Å². The van der Waals surface area contributed by atoms with Crippen molar-refractivity contribution in [3.05, 3.63) is 217 Å². The van der Waals surface area contributed by atoms with E-state index in [2.05, 4.69) is 277 Å². The van der Waals surface area contributed by atoms with Crippen LogP contribution in [0.5, 0.6) is 0 Å². The molecule has 9 aromatic carbocycles. The van der Waals surface area contributed by atoms with E-state index in [-0.39, 0.29) is 23.0 Å². The van der Waals surface area contributed by atoms with Crippen LogP contribution in [0.15, 0.2) is 200 Å². The molecule has 0 aliphatic carbocycles. The van der Waals surface area contributed by atoms with E-state index in [0.717, 1.165) is 17.1 Å². The molecule has 0 radical (unpaired) electrons. The van der Waals surface area contributed by atoms with E-state index in [1.807, 2.05) is 22.7 Å². The largest absolute Gasteiger partial charge is 0.310 e. The topological polar surface area (TPSA) is 9.72 Å². The molecule has 0 saturated heterocycles. The number of hydrogen-bond donors (Lipinski definition) is 0. The Morgan fingerprint density at radius 1 is 0.419 bits per heavy atom. The first-order valence-electron chi connectivity index (χ1n) is 26.1. The first-order valence-corrected chi connectivity index (χ1v) is 27.8. The van der Waals surface area contributed by atoms with Crippen molar-refractivity contribution in [2.24, 2.45) is 0 Å². The zero-order valence-electron chi connectivity index (χ0n) is 43.8. The summed E-state index contributed by atoms with van der Waals surface area (Å²) in [7, 11) is 0. The molecule has 2 aliphatic heterocycles. The molecule has 0 spiro atoms. The molecule has 0 bridgehead atoms. The summed E-state index contributed by atoms with van der Waals surface area (Å²) in [6, 6.07) is 75.9. The van der Waals surface area contributed by atoms with Gasteiger partial charge in [0.25, 0.3) is 6.71 Å². The van der Waals surface area contributed by atoms with Gasteiger partial charge in [-0.2, -0.15) is 0 Å². The van der Waals surface area contributed by atoms with E-state index in [0.29, 0.717) is 0 Å². The molecule has 0 atom stereocenters. The summed E-state index contributed by atoms with van der Waals surface area (Å²) in [6.45, 7) is 20.8. The van der Waals surface area contributed by atoms with Gasteiger partial charge in [-0.3, -0.25) is 0 Å². The molecule has 0 N–H and O–H groups in total. The maximum Gasteiger partial charge on any atom is 0.264 e. The highest BCUT2D eigenvalue weighted by molar-refractivity contribution is 7.33. The van der Waals surface area contributed by atoms with Gasteiger partial charge >= 0.3 is 0 Å². The quantitative estimate of drug-likeness (QED) is 0.154. The van der Waals surface area contributed by atoms with Crippen molar-refractivity contribution in [2.45, 2.75) is 78.6 Å². The molecule has 74 heavy (non-hydrogen) atoms. The van der Waals surface area contributed by atoms with Gasteiger partial charge < -0.3 is 14.7 Å². The second kappa shape index (κ2) is 17.1. The molecule has 13 rings (SSSR count). The van der Waals surface area contributed by atoms with Crippen LogP contribution < -0.4 is 30.4 Å². The molecule has 0 saturated carbocycles. The smallest absolute Gasteiger partial charge is 0.264 e. The highest BCUT2D eigenvalue weighted by atomic mass is 32.1. The van der Waals surface area contributed by atoms with Crippen LogP contribution in [0.3, 0.4) is 0 Å². The normalized spacial score (nSPS) is 13.4. The average Bonchev–Trinajstić information content (AvgIpc) is 4.04. The molecule has 362 valence electrons. The van der Waals surface area contributed by atoms with Gasteiger partial charge in [-0.15, -0.1) is 22.7 Å². The minimum Gasteiger partial charge on any atom is -0.310 e. The maximum atomic E-state index is 2.62. The average molecular weight is 994 g/mol. The molecule has 0 unspecified atom stereocenters. The highest BCUT2D eigenvalue weighted by Gasteiger charge is 2.46. The number of rotatable bonds is 6. The van der Waals surface area contributed by atoms with Crippen LogP contribution in [0.2, 0.25) is 0 Å². The Kier molecular flexibility index (Phi) is 10.7. The van der Waals surface area contributed by atoms with Gasteiger partial charge in [0.05, 0.1) is 21.8 Å². The Bertz CT molecular complexity index is 3980. The Labute approximate surface area is 445 Å². The van der Waals surface area contributed by atoms with E-state index in [1.54, 1.807) is 0 Å². The fourth-order valence-electron chi connectivity index (χ4n) is 11.6. The van der Waals surface area contributed by atoms with Crippen LogP contribution in [-0.2, 0) is 16.2 Å². The lowest BCUT2D eigenvalue weighted by atomic mass is 9.36. The summed E-state index contributed by atoms with van der Waals surface area (Å²) < 4.78 is 5.27. The molecule has 11 aromatic rings. The Balaban J connectivity index is 1.11. The molecule has 2 aromatic heterocycles. The molecular formula is C68H60BN3S2. The van der Waals surface area contributed by atoms with Crippen LogP contribution in [0.4, 0.5) is 51.2 Å². The Hall–Kier alpha value is -7.38. The first-order chi connectivity index (χ1) is 35.6. The lowest BCUT2D eigenvalue weighted by molar-refractivity contribution is 0.590. The van der Waals surface area contributed by atoms with Gasteiger partial charge in [0.1, 0.15) is 0 Å². The predicted octanol–water partition coefficient (Wildman–Crippen LogP) is 18.4. The van der Waals surface area contributed by atoms with Crippen molar-refractivity contribution in [3.63, 3.8) is 0 Å². The minimum absolute atomic E-state index is 0.0119. The van der Waals surface area contributed by atoms with Crippen molar-refractivity contribution in [1.29, 1.82) is 0 Å². The first kappa shape index (κ1) is 46.4. The monoisotopic (exact) mass is 993 g/mol. The number of fused-ring (bicyclic) bond motifs is 9. The summed E-state index contributed by atoms with van der Waals surface area (Å²) in [5.74, 6) is 0. The predicted molar refractivity (Wildman–Crippen MR) is 325 cm³/mol. The number of thiophene rings is 2. The fourth-order valence-corrected chi connectivity index (χ4v) is 14.1. The fraction of sp³-hybridized carbons (Fsp3) is 0.176. The standard InChI is InChI=1S/C68H60BN3S2/c1-66(2,3)44-30-34-48(35-31-44)71-56-26-19-27-57-62(56)69(65-63(71)53-41-46(68(7,8)9)33-39-61(53)74-65)54-37-36-49(42-59(54)72(57)58-28-18-25-51-50-24-16-17-29-60(50)73-64(51)58)70(47-22-14-11-15-23-47)55-38-32-45(67(4,5)6)40-52(55)43-20-12-10-13-21-43/h10-42H,1-9H3. The van der Waals surface area contributed by atoms with Gasteiger partial charge in [-0.05, 0) is 134 Å². The summed E-state index contributed by atoms with van der Waals surface area (Å²) in [5.41, 5.74) is 19.6. The summed E-state index contributed by atoms with van der Waals surface area (Å²) in [4.78, 5) is 7.71. The highest BCUT2D eigenvalue weighted by Crippen LogP contribution is 2.52. The van der Waals surface area contributed by atoms with Crippen molar-refractivity contribution in [1.82, 2.24) is 0 Å². The number of anilines is 9. The van der Waals surface area contributed by atoms with Gasteiger partial charge in [0, 0.05) is 70.0 Å². The third-order valence-electron chi connectivity index (χ3n) is 15.5. The molecule has 0 fully saturated rings. The molecule has 2 aliphatic rings. The van der Waals surface area contributed by atoms with E-state index in [1.165, 1.54) is 108 Å². The van der Waals surface area contributed by atoms with E-state index >= 15 is 0 Å². The zero-order valence-corrected chi connectivity index (χ0v) is 45.4. The van der Waals surface area contributed by atoms with Gasteiger partial charge in [-0.1, -0.05) is 178 Å². The van der Waals surface area contributed by atoms with Gasteiger partial charge in [0.15, 0.2) is 0 Å². The summed E-state index contributed by atoms with van der Waals surface area (Å²) in [5, 5.41) is 3.89. The zero-order chi connectivity index (χ0) is 50.8. The van der Waals surface area contributed by atoms with Crippen LogP contribution in [0.25, 0.3) is 41.4 Å². The molecule has 4 heterocycles. The van der Waals surface area contributed by atoms with Crippen molar-refractivity contribution in [2.75, 3.05) is 14.7 Å². The second-order valence-corrected chi connectivity index (χ2v) is 25.5. The molecule has 3 nitrogen and oxygen atoms in total. The minimum atomic E-state index is -0.0307. The van der Waals surface area contributed by atoms with E-state index in [9.17, 15) is 0 Å². The van der Waals surface area contributed by atoms with Crippen LogP contribution in [-0.4, -0.2) is 6.71 Å². The third kappa shape index (κ3) is 7.51. The number of nitrogens with zero attached hydrogens (tertiary/aromatic N) is 3. The number of hydrogen-bond acceptors (Lipinski definition) is 5. The Morgan fingerprint density at radius 3 is 1.74 bits per heavy atom.